The molecule has 1 saturated heterocycles. The summed E-state index contributed by atoms with van der Waals surface area (Å²) in [5, 5.41) is 18.3. The van der Waals surface area contributed by atoms with Crippen molar-refractivity contribution in [1.29, 1.82) is 5.26 Å². The Morgan fingerprint density at radius 2 is 2.00 bits per heavy atom. The minimum Gasteiger partial charge on any atom is -0.490 e. The van der Waals surface area contributed by atoms with Gasteiger partial charge in [0.1, 0.15) is 36.1 Å². The number of rotatable bonds is 7. The fourth-order valence-corrected chi connectivity index (χ4v) is 4.16. The smallest absolute Gasteiger partial charge is 0.212 e. The van der Waals surface area contributed by atoms with Crippen LogP contribution >= 0.6 is 0 Å². The van der Waals surface area contributed by atoms with E-state index in [0.717, 1.165) is 48.6 Å². The highest BCUT2D eigenvalue weighted by molar-refractivity contribution is 5.85. The molecule has 1 aromatic carbocycles. The first-order chi connectivity index (χ1) is 15.6. The van der Waals surface area contributed by atoms with E-state index in [1.54, 1.807) is 25.6 Å². The fourth-order valence-electron chi connectivity index (χ4n) is 4.16. The van der Waals surface area contributed by atoms with Gasteiger partial charge in [-0.05, 0) is 37.1 Å². The highest BCUT2D eigenvalue weighted by Gasteiger charge is 2.28. The van der Waals surface area contributed by atoms with Crippen molar-refractivity contribution in [3.63, 3.8) is 0 Å². The molecular weight excluding hydrogens is 411 g/mol. The number of piperidine rings is 1. The standard InChI is InChI=1S/C23H25FN6O2/c1-29-15-27-28-23(29)16-7-9-30(10-8-16)22-18(17-3-6-21(24)26-14-17)4-5-20(19(22)13-25)32-12-11-31-2/h3-6,14-16H,7-12H2,1-2H3. The summed E-state index contributed by atoms with van der Waals surface area (Å²) in [4.78, 5) is 6.00. The van der Waals surface area contributed by atoms with Crippen LogP contribution in [0.2, 0.25) is 0 Å². The number of anilines is 1. The number of methoxy groups -OCH3 is 1. The molecule has 0 aliphatic carbocycles. The Hall–Kier alpha value is -3.51. The van der Waals surface area contributed by atoms with Gasteiger partial charge in [-0.25, -0.2) is 4.98 Å². The Labute approximate surface area is 186 Å². The predicted molar refractivity (Wildman–Crippen MR) is 117 cm³/mol. The summed E-state index contributed by atoms with van der Waals surface area (Å²) >= 11 is 0. The molecule has 0 radical (unpaired) electrons. The lowest BCUT2D eigenvalue weighted by atomic mass is 9.93. The normalized spacial score (nSPS) is 14.4. The third-order valence-corrected chi connectivity index (χ3v) is 5.76. The van der Waals surface area contributed by atoms with E-state index in [2.05, 4.69) is 26.2 Å². The number of halogens is 1. The molecule has 2 aromatic heterocycles. The zero-order chi connectivity index (χ0) is 22.5. The summed E-state index contributed by atoms with van der Waals surface area (Å²) in [5.74, 6) is 1.25. The van der Waals surface area contributed by atoms with Crippen LogP contribution in [0, 0.1) is 17.3 Å². The molecule has 32 heavy (non-hydrogen) atoms. The van der Waals surface area contributed by atoms with Crippen molar-refractivity contribution < 1.29 is 13.9 Å². The summed E-state index contributed by atoms with van der Waals surface area (Å²) in [5.41, 5.74) is 2.81. The van der Waals surface area contributed by atoms with Gasteiger partial charge in [0, 0.05) is 50.5 Å². The van der Waals surface area contributed by atoms with Gasteiger partial charge < -0.3 is 18.9 Å². The van der Waals surface area contributed by atoms with Gasteiger partial charge in [-0.3, -0.25) is 0 Å². The first-order valence-electron chi connectivity index (χ1n) is 10.5. The molecule has 3 aromatic rings. The molecule has 0 bridgehead atoms. The van der Waals surface area contributed by atoms with Gasteiger partial charge in [-0.1, -0.05) is 0 Å². The van der Waals surface area contributed by atoms with Crippen LogP contribution in [-0.4, -0.2) is 53.2 Å². The SMILES string of the molecule is COCCOc1ccc(-c2ccc(F)nc2)c(N2CCC(c3nncn3C)CC2)c1C#N. The summed E-state index contributed by atoms with van der Waals surface area (Å²) in [6, 6.07) is 9.02. The molecule has 9 heteroatoms. The van der Waals surface area contributed by atoms with E-state index in [1.165, 1.54) is 12.3 Å². The maximum Gasteiger partial charge on any atom is 0.212 e. The van der Waals surface area contributed by atoms with Gasteiger partial charge in [-0.2, -0.15) is 9.65 Å². The van der Waals surface area contributed by atoms with E-state index in [9.17, 15) is 9.65 Å². The van der Waals surface area contributed by atoms with Crippen LogP contribution in [0.15, 0.2) is 36.8 Å². The van der Waals surface area contributed by atoms with Crippen molar-refractivity contribution in [2.45, 2.75) is 18.8 Å². The Morgan fingerprint density at radius 3 is 2.62 bits per heavy atom. The van der Waals surface area contributed by atoms with E-state index in [-0.39, 0.29) is 0 Å². The Kier molecular flexibility index (Phi) is 6.61. The fraction of sp³-hybridized carbons (Fsp3) is 0.391. The monoisotopic (exact) mass is 436 g/mol. The maximum atomic E-state index is 13.4. The number of nitriles is 1. The molecule has 4 rings (SSSR count). The average Bonchev–Trinajstić information content (AvgIpc) is 3.25. The molecule has 0 saturated carbocycles. The molecule has 1 aliphatic rings. The molecular formula is C23H25FN6O2. The Bertz CT molecular complexity index is 1100. The Morgan fingerprint density at radius 1 is 1.19 bits per heavy atom. The lowest BCUT2D eigenvalue weighted by molar-refractivity contribution is 0.146. The first-order valence-corrected chi connectivity index (χ1v) is 10.5. The van der Waals surface area contributed by atoms with Gasteiger partial charge in [0.25, 0.3) is 0 Å². The number of hydrogen-bond donors (Lipinski definition) is 0. The van der Waals surface area contributed by atoms with Crippen molar-refractivity contribution in [1.82, 2.24) is 19.7 Å². The number of hydrogen-bond acceptors (Lipinski definition) is 7. The van der Waals surface area contributed by atoms with Gasteiger partial charge in [0.2, 0.25) is 5.95 Å². The number of benzene rings is 1. The van der Waals surface area contributed by atoms with E-state index in [1.807, 2.05) is 17.7 Å². The van der Waals surface area contributed by atoms with E-state index < -0.39 is 5.95 Å². The van der Waals surface area contributed by atoms with Crippen LogP contribution in [0.25, 0.3) is 11.1 Å². The number of nitrogens with zero attached hydrogens (tertiary/aromatic N) is 6. The highest BCUT2D eigenvalue weighted by Crippen LogP contribution is 2.41. The van der Waals surface area contributed by atoms with Crippen LogP contribution in [-0.2, 0) is 11.8 Å². The highest BCUT2D eigenvalue weighted by atomic mass is 19.1. The average molecular weight is 436 g/mol. The lowest BCUT2D eigenvalue weighted by Gasteiger charge is -2.35. The minimum atomic E-state index is -0.542. The number of aromatic nitrogens is 4. The van der Waals surface area contributed by atoms with Gasteiger partial charge >= 0.3 is 0 Å². The van der Waals surface area contributed by atoms with E-state index in [4.69, 9.17) is 9.47 Å². The molecule has 0 amide bonds. The number of aryl methyl sites for hydroxylation is 1. The molecule has 0 unspecified atom stereocenters. The minimum absolute atomic E-state index is 0.307. The van der Waals surface area contributed by atoms with Crippen molar-refractivity contribution >= 4 is 5.69 Å². The van der Waals surface area contributed by atoms with E-state index >= 15 is 0 Å². The second kappa shape index (κ2) is 9.75. The zero-order valence-electron chi connectivity index (χ0n) is 18.2. The first kappa shape index (κ1) is 21.7. The second-order valence-electron chi connectivity index (χ2n) is 7.72. The number of pyridine rings is 1. The van der Waals surface area contributed by atoms with Crippen LogP contribution in [0.5, 0.6) is 5.75 Å². The summed E-state index contributed by atoms with van der Waals surface area (Å²) in [6.07, 6.45) is 4.98. The molecule has 166 valence electrons. The quantitative estimate of drug-likeness (QED) is 0.415. The second-order valence-corrected chi connectivity index (χ2v) is 7.72. The molecule has 3 heterocycles. The molecule has 1 aliphatic heterocycles. The third-order valence-electron chi connectivity index (χ3n) is 5.76. The lowest BCUT2D eigenvalue weighted by Crippen LogP contribution is -2.34. The van der Waals surface area contributed by atoms with Crippen molar-refractivity contribution in [2.75, 3.05) is 38.3 Å². The largest absolute Gasteiger partial charge is 0.490 e. The summed E-state index contributed by atoms with van der Waals surface area (Å²) in [6.45, 7) is 2.26. The summed E-state index contributed by atoms with van der Waals surface area (Å²) < 4.78 is 26.3. The third kappa shape index (κ3) is 4.41. The molecule has 8 nitrogen and oxygen atoms in total. The predicted octanol–water partition coefficient (Wildman–Crippen LogP) is 3.30. The van der Waals surface area contributed by atoms with Gasteiger partial charge in [-0.15, -0.1) is 10.2 Å². The maximum absolute atomic E-state index is 13.4. The van der Waals surface area contributed by atoms with Gasteiger partial charge in [0.15, 0.2) is 0 Å². The zero-order valence-corrected chi connectivity index (χ0v) is 18.2. The van der Waals surface area contributed by atoms with Crippen molar-refractivity contribution in [3.8, 4) is 22.9 Å². The Balaban J connectivity index is 1.69. The van der Waals surface area contributed by atoms with Crippen LogP contribution < -0.4 is 9.64 Å². The molecule has 1 fully saturated rings. The van der Waals surface area contributed by atoms with Crippen LogP contribution in [0.3, 0.4) is 0 Å². The van der Waals surface area contributed by atoms with Crippen molar-refractivity contribution in [2.24, 2.45) is 7.05 Å². The molecule has 0 spiro atoms. The number of ether oxygens (including phenoxy) is 2. The van der Waals surface area contributed by atoms with Crippen molar-refractivity contribution in [3.05, 3.63) is 54.1 Å². The van der Waals surface area contributed by atoms with Crippen LogP contribution in [0.1, 0.15) is 30.1 Å². The van der Waals surface area contributed by atoms with Gasteiger partial charge in [0.05, 0.1) is 12.3 Å². The summed E-state index contributed by atoms with van der Waals surface area (Å²) in [7, 11) is 3.56. The molecule has 0 atom stereocenters. The molecule has 0 N–H and O–H groups in total. The van der Waals surface area contributed by atoms with Crippen LogP contribution in [0.4, 0.5) is 10.1 Å². The van der Waals surface area contributed by atoms with E-state index in [0.29, 0.717) is 30.4 Å². The topological polar surface area (TPSA) is 89.1 Å².